The molecule has 0 aliphatic rings. The van der Waals surface area contributed by atoms with Crippen LogP contribution in [0.25, 0.3) is 111 Å². The van der Waals surface area contributed by atoms with Crippen LogP contribution in [0.15, 0.2) is 197 Å². The summed E-state index contributed by atoms with van der Waals surface area (Å²) in [6.07, 6.45) is 3.63. The molecule has 262 valence electrons. The van der Waals surface area contributed by atoms with Crippen LogP contribution >= 0.6 is 0 Å². The lowest BCUT2D eigenvalue weighted by Gasteiger charge is -2.12. The van der Waals surface area contributed by atoms with E-state index >= 15 is 0 Å². The number of hydrogen-bond donors (Lipinski definition) is 0. The molecular weight excluding hydrogens is 687 g/mol. The van der Waals surface area contributed by atoms with Gasteiger partial charge in [-0.15, -0.1) is 0 Å². The topological polar surface area (TPSA) is 65.0 Å². The zero-order chi connectivity index (χ0) is 37.0. The fourth-order valence-electron chi connectivity index (χ4n) is 7.92. The fourth-order valence-corrected chi connectivity index (χ4v) is 7.92. The van der Waals surface area contributed by atoms with E-state index in [0.717, 1.165) is 105 Å². The first-order valence-corrected chi connectivity index (χ1v) is 18.7. The third kappa shape index (κ3) is 5.37. The van der Waals surface area contributed by atoms with Gasteiger partial charge in [-0.25, -0.2) is 9.97 Å². The Morgan fingerprint density at radius 2 is 0.911 bits per heavy atom. The minimum absolute atomic E-state index is 0.669. The predicted molar refractivity (Wildman–Crippen MR) is 227 cm³/mol. The molecule has 7 aromatic carbocycles. The number of nitrogens with zero attached hydrogens (tertiary/aromatic N) is 3. The molecule has 0 saturated heterocycles. The van der Waals surface area contributed by atoms with E-state index in [9.17, 15) is 0 Å². The molecule has 0 N–H and O–H groups in total. The Hall–Kier alpha value is -7.63. The van der Waals surface area contributed by atoms with Crippen molar-refractivity contribution in [3.63, 3.8) is 0 Å². The molecule has 4 aromatic heterocycles. The SMILES string of the molecule is c1ccc(-c2cc(-c3ccc(-c4ccc(-c5cccc6c5oc5ccccc56)c5oc6ccccc6c45)cc3)nc(-c3cccc(-c4ccncc4)c3)n2)cc1. The first kappa shape index (κ1) is 31.9. The van der Waals surface area contributed by atoms with Crippen LogP contribution in [0.3, 0.4) is 0 Å². The number of para-hydroxylation sites is 3. The van der Waals surface area contributed by atoms with Gasteiger partial charge in [-0.3, -0.25) is 4.98 Å². The third-order valence-corrected chi connectivity index (χ3v) is 10.6. The molecule has 11 rings (SSSR count). The van der Waals surface area contributed by atoms with Crippen molar-refractivity contribution < 1.29 is 8.83 Å². The molecule has 0 fully saturated rings. The minimum Gasteiger partial charge on any atom is -0.455 e. The van der Waals surface area contributed by atoms with Crippen molar-refractivity contribution in [1.29, 1.82) is 0 Å². The van der Waals surface area contributed by atoms with Gasteiger partial charge in [0.15, 0.2) is 5.82 Å². The Balaban J connectivity index is 1.04. The highest BCUT2D eigenvalue weighted by Crippen LogP contribution is 2.45. The standard InChI is InChI=1S/C51H31N3O2/c1-2-10-34(11-3-1)44-31-45(54-51(53-44)37-13-8-12-36(30-37)32-26-28-52-29-27-32)35-22-20-33(21-23-35)38-24-25-42(50-48(38)43-15-5-7-19-47(43)56-50)41-17-9-16-40-39-14-4-6-18-46(39)55-49(40)41/h1-31H. The number of pyridine rings is 1. The van der Waals surface area contributed by atoms with E-state index in [1.54, 1.807) is 0 Å². The van der Waals surface area contributed by atoms with Crippen LogP contribution in [0.4, 0.5) is 0 Å². The van der Waals surface area contributed by atoms with Crippen LogP contribution in [-0.2, 0) is 0 Å². The second kappa shape index (κ2) is 13.0. The van der Waals surface area contributed by atoms with E-state index in [1.807, 2.05) is 67.0 Å². The molecule has 56 heavy (non-hydrogen) atoms. The molecule has 0 aliphatic carbocycles. The summed E-state index contributed by atoms with van der Waals surface area (Å²) in [5, 5.41) is 4.34. The van der Waals surface area contributed by atoms with E-state index < -0.39 is 0 Å². The summed E-state index contributed by atoms with van der Waals surface area (Å²) in [6.45, 7) is 0. The maximum absolute atomic E-state index is 6.70. The molecule has 5 nitrogen and oxygen atoms in total. The van der Waals surface area contributed by atoms with Crippen molar-refractivity contribution in [2.45, 2.75) is 0 Å². The van der Waals surface area contributed by atoms with Crippen LogP contribution in [0.1, 0.15) is 0 Å². The van der Waals surface area contributed by atoms with Gasteiger partial charge in [-0.2, -0.15) is 0 Å². The first-order valence-electron chi connectivity index (χ1n) is 18.7. The maximum atomic E-state index is 6.70. The molecule has 4 heterocycles. The Bertz CT molecular complexity index is 3240. The van der Waals surface area contributed by atoms with Gasteiger partial charge >= 0.3 is 0 Å². The lowest BCUT2D eigenvalue weighted by Crippen LogP contribution is -1.96. The summed E-state index contributed by atoms with van der Waals surface area (Å²) in [6, 6.07) is 60.6. The predicted octanol–water partition coefficient (Wildman–Crippen LogP) is 13.7. The Morgan fingerprint density at radius 1 is 0.339 bits per heavy atom. The molecular formula is C51H31N3O2. The molecule has 11 aromatic rings. The number of furan rings is 2. The van der Waals surface area contributed by atoms with Gasteiger partial charge < -0.3 is 8.83 Å². The van der Waals surface area contributed by atoms with Gasteiger partial charge in [-0.1, -0.05) is 133 Å². The molecule has 0 radical (unpaired) electrons. The summed E-state index contributed by atoms with van der Waals surface area (Å²) < 4.78 is 13.2. The summed E-state index contributed by atoms with van der Waals surface area (Å²) in [7, 11) is 0. The zero-order valence-corrected chi connectivity index (χ0v) is 30.1. The van der Waals surface area contributed by atoms with E-state index in [-0.39, 0.29) is 0 Å². The van der Waals surface area contributed by atoms with Crippen LogP contribution in [-0.4, -0.2) is 15.0 Å². The quantitative estimate of drug-likeness (QED) is 0.171. The Labute approximate surface area is 322 Å². The molecule has 0 saturated carbocycles. The van der Waals surface area contributed by atoms with E-state index in [0.29, 0.717) is 5.82 Å². The van der Waals surface area contributed by atoms with Gasteiger partial charge in [0.05, 0.1) is 11.4 Å². The molecule has 0 unspecified atom stereocenters. The highest BCUT2D eigenvalue weighted by molar-refractivity contribution is 6.18. The average molecular weight is 718 g/mol. The zero-order valence-electron chi connectivity index (χ0n) is 30.1. The molecule has 5 heteroatoms. The van der Waals surface area contributed by atoms with E-state index in [2.05, 4.69) is 126 Å². The van der Waals surface area contributed by atoms with Crippen LogP contribution in [0.2, 0.25) is 0 Å². The van der Waals surface area contributed by atoms with Crippen molar-refractivity contribution in [3.05, 3.63) is 188 Å². The number of hydrogen-bond acceptors (Lipinski definition) is 5. The smallest absolute Gasteiger partial charge is 0.160 e. The lowest BCUT2D eigenvalue weighted by molar-refractivity contribution is 0.665. The van der Waals surface area contributed by atoms with Crippen molar-refractivity contribution in [3.8, 4) is 67.3 Å². The second-order valence-corrected chi connectivity index (χ2v) is 14.0. The van der Waals surface area contributed by atoms with Crippen LogP contribution in [0, 0.1) is 0 Å². The van der Waals surface area contributed by atoms with Crippen molar-refractivity contribution >= 4 is 43.9 Å². The third-order valence-electron chi connectivity index (χ3n) is 10.6. The summed E-state index contributed by atoms with van der Waals surface area (Å²) in [4.78, 5) is 14.4. The Morgan fingerprint density at radius 3 is 1.71 bits per heavy atom. The normalized spacial score (nSPS) is 11.6. The van der Waals surface area contributed by atoms with Gasteiger partial charge in [-0.05, 0) is 64.7 Å². The van der Waals surface area contributed by atoms with Crippen molar-refractivity contribution in [2.24, 2.45) is 0 Å². The van der Waals surface area contributed by atoms with Crippen molar-refractivity contribution in [2.75, 3.05) is 0 Å². The van der Waals surface area contributed by atoms with Gasteiger partial charge in [0.25, 0.3) is 0 Å². The Kier molecular flexibility index (Phi) is 7.42. The number of aromatic nitrogens is 3. The van der Waals surface area contributed by atoms with E-state index in [1.165, 1.54) is 0 Å². The summed E-state index contributed by atoms with van der Waals surface area (Å²) in [5.74, 6) is 0.669. The van der Waals surface area contributed by atoms with Crippen LogP contribution in [0.5, 0.6) is 0 Å². The monoisotopic (exact) mass is 717 g/mol. The first-order chi connectivity index (χ1) is 27.7. The van der Waals surface area contributed by atoms with Crippen LogP contribution < -0.4 is 0 Å². The number of benzene rings is 7. The second-order valence-electron chi connectivity index (χ2n) is 14.0. The van der Waals surface area contributed by atoms with Crippen molar-refractivity contribution in [1.82, 2.24) is 15.0 Å². The van der Waals surface area contributed by atoms with E-state index in [4.69, 9.17) is 18.8 Å². The summed E-state index contributed by atoms with van der Waals surface area (Å²) in [5.41, 5.74) is 14.5. The highest BCUT2D eigenvalue weighted by atomic mass is 16.3. The maximum Gasteiger partial charge on any atom is 0.160 e. The molecule has 0 amide bonds. The molecule has 0 aliphatic heterocycles. The molecule has 0 atom stereocenters. The minimum atomic E-state index is 0.669. The summed E-state index contributed by atoms with van der Waals surface area (Å²) >= 11 is 0. The van der Waals surface area contributed by atoms with Gasteiger partial charge in [0.2, 0.25) is 0 Å². The average Bonchev–Trinajstić information content (AvgIpc) is 3.86. The fraction of sp³-hybridized carbons (Fsp3) is 0. The van der Waals surface area contributed by atoms with Gasteiger partial charge in [0, 0.05) is 61.8 Å². The van der Waals surface area contributed by atoms with Gasteiger partial charge in [0.1, 0.15) is 22.3 Å². The largest absolute Gasteiger partial charge is 0.455 e. The highest BCUT2D eigenvalue weighted by Gasteiger charge is 2.21. The number of rotatable bonds is 6. The number of fused-ring (bicyclic) bond motifs is 6. The molecule has 0 bridgehead atoms. The lowest BCUT2D eigenvalue weighted by atomic mass is 9.93. The molecule has 0 spiro atoms.